The number of hydrogen-bond donors (Lipinski definition) is 3. The van der Waals surface area contributed by atoms with Gasteiger partial charge in [-0.05, 0) is 66.8 Å². The van der Waals surface area contributed by atoms with Gasteiger partial charge < -0.3 is 20.1 Å². The zero-order valence-electron chi connectivity index (χ0n) is 20.2. The molecule has 5 aliphatic rings. The molecule has 0 radical (unpaired) electrons. The van der Waals surface area contributed by atoms with Crippen LogP contribution in [-0.4, -0.2) is 44.8 Å². The molecule has 4 aliphatic carbocycles. The molecule has 3 N–H and O–H groups in total. The lowest BCUT2D eigenvalue weighted by Crippen LogP contribution is -2.69. The van der Waals surface area contributed by atoms with Crippen molar-refractivity contribution >= 4 is 0 Å². The molecule has 4 heteroatoms. The third-order valence-corrected chi connectivity index (χ3v) is 10.8. The first-order chi connectivity index (χ1) is 14.5. The van der Waals surface area contributed by atoms with Crippen molar-refractivity contribution < 1.29 is 20.1 Å². The lowest BCUT2D eigenvalue weighted by Gasteiger charge is -2.60. The van der Waals surface area contributed by atoms with Crippen molar-refractivity contribution in [2.24, 2.45) is 34.5 Å². The Kier molecular flexibility index (Phi) is 5.08. The van der Waals surface area contributed by atoms with Crippen LogP contribution in [0.3, 0.4) is 0 Å². The minimum atomic E-state index is -1.31. The monoisotopic (exact) mass is 432 g/mol. The molecule has 1 saturated heterocycles. The number of ether oxygens (including phenoxy) is 1. The van der Waals surface area contributed by atoms with Crippen molar-refractivity contribution in [3.63, 3.8) is 0 Å². The van der Waals surface area contributed by atoms with E-state index < -0.39 is 28.8 Å². The van der Waals surface area contributed by atoms with Crippen molar-refractivity contribution in [2.75, 3.05) is 0 Å². The molecule has 176 valence electrons. The van der Waals surface area contributed by atoms with Gasteiger partial charge in [0.25, 0.3) is 0 Å². The second-order valence-electron chi connectivity index (χ2n) is 12.8. The SMILES string of the molecule is CC(C)CCC[C@@H](C)C1CC[C@H]2C3=C[C@@H](O)[C@@]4(O)C[C@@H](O)CC[C@]4(C)C34OC4C[C@]12C. The van der Waals surface area contributed by atoms with Crippen LogP contribution < -0.4 is 0 Å². The van der Waals surface area contributed by atoms with Crippen molar-refractivity contribution in [3.05, 3.63) is 11.6 Å². The molecule has 5 rings (SSSR count). The molecule has 3 unspecified atom stereocenters. The summed E-state index contributed by atoms with van der Waals surface area (Å²) in [7, 11) is 0. The Labute approximate surface area is 188 Å². The summed E-state index contributed by atoms with van der Waals surface area (Å²) in [5, 5.41) is 33.1. The highest BCUT2D eigenvalue weighted by Gasteiger charge is 2.82. The topological polar surface area (TPSA) is 73.2 Å². The minimum Gasteiger partial charge on any atom is -0.393 e. The first-order valence-corrected chi connectivity index (χ1v) is 13.0. The Morgan fingerprint density at radius 2 is 1.81 bits per heavy atom. The van der Waals surface area contributed by atoms with E-state index in [9.17, 15) is 15.3 Å². The smallest absolute Gasteiger partial charge is 0.124 e. The van der Waals surface area contributed by atoms with Crippen LogP contribution in [0.1, 0.15) is 92.4 Å². The standard InChI is InChI=1S/C27H44O4/c1-16(2)7-6-8-17(3)19-9-10-20-21-13-22(29)26(30)14-18(28)11-12-25(26,5)27(21)23(31-27)15-24(19,20)4/h13,16-20,22-23,28-30H,6-12,14-15H2,1-5H3/t17-,18+,19?,20+,22-,23?,24-,25+,26+,27?/m1/s1. The van der Waals surface area contributed by atoms with Crippen LogP contribution in [0.4, 0.5) is 0 Å². The summed E-state index contributed by atoms with van der Waals surface area (Å²) < 4.78 is 6.61. The van der Waals surface area contributed by atoms with Gasteiger partial charge >= 0.3 is 0 Å². The molecule has 0 aromatic carbocycles. The van der Waals surface area contributed by atoms with Gasteiger partial charge in [0.2, 0.25) is 0 Å². The van der Waals surface area contributed by atoms with E-state index in [2.05, 4.69) is 34.6 Å². The maximum atomic E-state index is 11.7. The third-order valence-electron chi connectivity index (χ3n) is 10.8. The summed E-state index contributed by atoms with van der Waals surface area (Å²) in [6, 6.07) is 0. The van der Waals surface area contributed by atoms with Gasteiger partial charge in [-0.15, -0.1) is 0 Å². The molecule has 10 atom stereocenters. The van der Waals surface area contributed by atoms with E-state index in [1.807, 2.05) is 6.08 Å². The van der Waals surface area contributed by atoms with Crippen LogP contribution in [0, 0.1) is 34.5 Å². The summed E-state index contributed by atoms with van der Waals surface area (Å²) >= 11 is 0. The quantitative estimate of drug-likeness (QED) is 0.438. The minimum absolute atomic E-state index is 0.141. The highest BCUT2D eigenvalue weighted by molar-refractivity contribution is 5.47. The molecule has 4 nitrogen and oxygen atoms in total. The van der Waals surface area contributed by atoms with Crippen molar-refractivity contribution in [2.45, 2.75) is 122 Å². The summed E-state index contributed by atoms with van der Waals surface area (Å²) in [4.78, 5) is 0. The molecule has 1 heterocycles. The summed E-state index contributed by atoms with van der Waals surface area (Å²) in [6.07, 6.45) is 9.68. The summed E-state index contributed by atoms with van der Waals surface area (Å²) in [6.45, 7) is 11.7. The molecule has 0 aromatic heterocycles. The van der Waals surface area contributed by atoms with Crippen molar-refractivity contribution in [1.29, 1.82) is 0 Å². The maximum Gasteiger partial charge on any atom is 0.124 e. The Bertz CT molecular complexity index is 762. The maximum absolute atomic E-state index is 11.7. The predicted molar refractivity (Wildman–Crippen MR) is 121 cm³/mol. The second-order valence-corrected chi connectivity index (χ2v) is 12.8. The molecule has 4 fully saturated rings. The first-order valence-electron chi connectivity index (χ1n) is 13.0. The normalized spacial score (nSPS) is 53.8. The number of hydrogen-bond acceptors (Lipinski definition) is 4. The van der Waals surface area contributed by atoms with Crippen LogP contribution in [0.25, 0.3) is 0 Å². The van der Waals surface area contributed by atoms with Crippen LogP contribution in [0.2, 0.25) is 0 Å². The average Bonchev–Trinajstić information content (AvgIpc) is 3.30. The average molecular weight is 433 g/mol. The van der Waals surface area contributed by atoms with Crippen LogP contribution in [0.15, 0.2) is 11.6 Å². The van der Waals surface area contributed by atoms with Gasteiger partial charge in [0.1, 0.15) is 17.3 Å². The molecule has 0 bridgehead atoms. The lowest BCUT2D eigenvalue weighted by atomic mass is 9.45. The Balaban J connectivity index is 1.45. The van der Waals surface area contributed by atoms with Crippen LogP contribution in [0.5, 0.6) is 0 Å². The number of fused-ring (bicyclic) bond motifs is 3. The van der Waals surface area contributed by atoms with Gasteiger partial charge in [0, 0.05) is 11.8 Å². The second kappa shape index (κ2) is 7.04. The van der Waals surface area contributed by atoms with E-state index >= 15 is 0 Å². The van der Waals surface area contributed by atoms with Gasteiger partial charge in [0.05, 0.1) is 12.2 Å². The predicted octanol–water partition coefficient (Wildman–Crippen LogP) is 4.61. The highest BCUT2D eigenvalue weighted by atomic mass is 16.6. The number of epoxide rings is 1. The highest BCUT2D eigenvalue weighted by Crippen LogP contribution is 2.76. The zero-order chi connectivity index (χ0) is 22.4. The van der Waals surface area contributed by atoms with E-state index in [4.69, 9.17) is 4.74 Å². The molecule has 0 aromatic rings. The molecule has 3 saturated carbocycles. The Hall–Kier alpha value is -0.420. The Morgan fingerprint density at radius 1 is 1.06 bits per heavy atom. The van der Waals surface area contributed by atoms with E-state index in [1.54, 1.807) is 0 Å². The van der Waals surface area contributed by atoms with E-state index in [-0.39, 0.29) is 17.9 Å². The summed E-state index contributed by atoms with van der Waals surface area (Å²) in [5.41, 5.74) is -0.762. The first kappa shape index (κ1) is 22.4. The van der Waals surface area contributed by atoms with Crippen molar-refractivity contribution in [3.8, 4) is 0 Å². The third kappa shape index (κ3) is 2.80. The number of rotatable bonds is 5. The van der Waals surface area contributed by atoms with Crippen LogP contribution in [-0.2, 0) is 4.74 Å². The van der Waals surface area contributed by atoms with Gasteiger partial charge in [-0.2, -0.15) is 0 Å². The fourth-order valence-electron chi connectivity index (χ4n) is 9.00. The molecular formula is C27H44O4. The largest absolute Gasteiger partial charge is 0.393 e. The number of aliphatic hydroxyl groups is 3. The van der Waals surface area contributed by atoms with Gasteiger partial charge in [0.15, 0.2) is 0 Å². The summed E-state index contributed by atoms with van der Waals surface area (Å²) in [5.74, 6) is 2.63. The lowest BCUT2D eigenvalue weighted by molar-refractivity contribution is -0.210. The number of aliphatic hydroxyl groups excluding tert-OH is 2. The molecule has 0 amide bonds. The van der Waals surface area contributed by atoms with Gasteiger partial charge in [-0.1, -0.05) is 60.0 Å². The molecule has 1 aliphatic heterocycles. The van der Waals surface area contributed by atoms with Crippen LogP contribution >= 0.6 is 0 Å². The van der Waals surface area contributed by atoms with Crippen molar-refractivity contribution in [1.82, 2.24) is 0 Å². The van der Waals surface area contributed by atoms with Gasteiger partial charge in [-0.3, -0.25) is 0 Å². The molecule has 31 heavy (non-hydrogen) atoms. The molecular weight excluding hydrogens is 388 g/mol. The van der Waals surface area contributed by atoms with E-state index in [1.165, 1.54) is 37.7 Å². The van der Waals surface area contributed by atoms with E-state index in [0.29, 0.717) is 30.6 Å². The van der Waals surface area contributed by atoms with Gasteiger partial charge in [-0.25, -0.2) is 0 Å². The zero-order valence-corrected chi connectivity index (χ0v) is 20.2. The van der Waals surface area contributed by atoms with E-state index in [0.717, 1.165) is 12.3 Å². The Morgan fingerprint density at radius 3 is 2.52 bits per heavy atom. The fraction of sp³-hybridized carbons (Fsp3) is 0.926. The fourth-order valence-corrected chi connectivity index (χ4v) is 9.00. The molecule has 1 spiro atoms.